The molecule has 2 saturated carbocycles. The molecule has 0 unspecified atom stereocenters. The monoisotopic (exact) mass is 237 g/mol. The third-order valence-corrected chi connectivity index (χ3v) is 4.94. The van der Waals surface area contributed by atoms with Crippen LogP contribution >= 0.6 is 11.3 Å². The summed E-state index contributed by atoms with van der Waals surface area (Å²) >= 11 is 1.46. The smallest absolute Gasteiger partial charge is 0.348 e. The quantitative estimate of drug-likeness (QED) is 0.819. The maximum Gasteiger partial charge on any atom is 0.348 e. The Morgan fingerprint density at radius 1 is 1.44 bits per heavy atom. The van der Waals surface area contributed by atoms with Crippen molar-refractivity contribution in [3.63, 3.8) is 0 Å². The van der Waals surface area contributed by atoms with Gasteiger partial charge in [-0.3, -0.25) is 0 Å². The number of hydrogen-bond donors (Lipinski definition) is 1. The first-order valence-electron chi connectivity index (χ1n) is 5.58. The molecule has 4 heteroatoms. The summed E-state index contributed by atoms with van der Waals surface area (Å²) in [5.74, 6) is -0.222. The Hall–Kier alpha value is -0.870. The summed E-state index contributed by atoms with van der Waals surface area (Å²) in [5, 5.41) is 1.97. The molecule has 2 aliphatic rings. The summed E-state index contributed by atoms with van der Waals surface area (Å²) in [6.07, 6.45) is 4.40. The molecule has 0 radical (unpaired) electrons. The summed E-state index contributed by atoms with van der Waals surface area (Å²) in [7, 11) is 1.43. The van der Waals surface area contributed by atoms with Crippen molar-refractivity contribution >= 4 is 17.3 Å². The average molecular weight is 237 g/mol. The van der Waals surface area contributed by atoms with Gasteiger partial charge in [0, 0.05) is 11.0 Å². The van der Waals surface area contributed by atoms with Crippen LogP contribution in [0.5, 0.6) is 0 Å². The summed E-state index contributed by atoms with van der Waals surface area (Å²) in [6, 6.07) is 2.05. The fraction of sp³-hybridized carbons (Fsp3) is 0.583. The van der Waals surface area contributed by atoms with E-state index in [0.717, 1.165) is 36.1 Å². The minimum absolute atomic E-state index is 0.0448. The highest BCUT2D eigenvalue weighted by molar-refractivity contribution is 7.12. The Bertz CT molecular complexity index is 444. The van der Waals surface area contributed by atoms with E-state index in [2.05, 4.69) is 6.07 Å². The number of thiophene rings is 1. The molecule has 1 heterocycles. The molecule has 1 aromatic rings. The highest BCUT2D eigenvalue weighted by Crippen LogP contribution is 2.64. The van der Waals surface area contributed by atoms with Crippen molar-refractivity contribution in [3.8, 4) is 0 Å². The number of nitrogens with two attached hydrogens (primary N) is 1. The largest absolute Gasteiger partial charge is 0.465 e. The van der Waals surface area contributed by atoms with Gasteiger partial charge >= 0.3 is 5.97 Å². The van der Waals surface area contributed by atoms with Crippen LogP contribution in [0.3, 0.4) is 0 Å². The van der Waals surface area contributed by atoms with Crippen LogP contribution in [-0.4, -0.2) is 18.6 Å². The van der Waals surface area contributed by atoms with Gasteiger partial charge < -0.3 is 10.5 Å². The van der Waals surface area contributed by atoms with Crippen LogP contribution < -0.4 is 5.73 Å². The van der Waals surface area contributed by atoms with Gasteiger partial charge in [0.15, 0.2) is 0 Å². The molecule has 2 N–H and O–H groups in total. The lowest BCUT2D eigenvalue weighted by Gasteiger charge is -2.23. The van der Waals surface area contributed by atoms with Crippen LogP contribution in [0.15, 0.2) is 11.4 Å². The van der Waals surface area contributed by atoms with Gasteiger partial charge in [0.1, 0.15) is 4.88 Å². The fourth-order valence-corrected chi connectivity index (χ4v) is 3.62. The standard InChI is InChI=1S/C12H15NO2S/c1-15-10(14)9-8(2-7-16-9)11(3-4-11)12(13)5-6-12/h2,7H,3-6,13H2,1H3. The predicted octanol–water partition coefficient (Wildman–Crippen LogP) is 2.06. The summed E-state index contributed by atoms with van der Waals surface area (Å²) in [4.78, 5) is 12.4. The molecular weight excluding hydrogens is 222 g/mol. The van der Waals surface area contributed by atoms with E-state index in [1.54, 1.807) is 0 Å². The van der Waals surface area contributed by atoms with Gasteiger partial charge in [-0.1, -0.05) is 0 Å². The third-order valence-electron chi connectivity index (χ3n) is 4.04. The van der Waals surface area contributed by atoms with E-state index < -0.39 is 0 Å². The molecule has 2 fully saturated rings. The van der Waals surface area contributed by atoms with E-state index in [4.69, 9.17) is 10.5 Å². The SMILES string of the molecule is COC(=O)c1sccc1C1(C2(N)CC2)CC1. The van der Waals surface area contributed by atoms with Crippen molar-refractivity contribution in [1.29, 1.82) is 0 Å². The van der Waals surface area contributed by atoms with Crippen molar-refractivity contribution in [2.45, 2.75) is 36.6 Å². The molecule has 3 nitrogen and oxygen atoms in total. The lowest BCUT2D eigenvalue weighted by atomic mass is 9.86. The van der Waals surface area contributed by atoms with Gasteiger partial charge in [-0.25, -0.2) is 4.79 Å². The second-order valence-electron chi connectivity index (χ2n) is 4.89. The number of hydrogen-bond acceptors (Lipinski definition) is 4. The number of carbonyl (C=O) groups excluding carboxylic acids is 1. The third kappa shape index (κ3) is 1.20. The van der Waals surface area contributed by atoms with Crippen molar-refractivity contribution in [1.82, 2.24) is 0 Å². The van der Waals surface area contributed by atoms with E-state index in [0.29, 0.717) is 0 Å². The first kappa shape index (κ1) is 10.3. The summed E-state index contributed by atoms with van der Waals surface area (Å²) in [5.41, 5.74) is 7.51. The summed E-state index contributed by atoms with van der Waals surface area (Å²) in [6.45, 7) is 0. The molecule has 16 heavy (non-hydrogen) atoms. The molecule has 2 aliphatic carbocycles. The van der Waals surface area contributed by atoms with Gasteiger partial charge in [0.25, 0.3) is 0 Å². The van der Waals surface area contributed by atoms with Gasteiger partial charge in [-0.05, 0) is 42.7 Å². The van der Waals surface area contributed by atoms with Gasteiger partial charge in [-0.2, -0.15) is 0 Å². The maximum absolute atomic E-state index is 11.7. The molecule has 0 saturated heterocycles. The molecule has 1 aromatic heterocycles. The molecular formula is C12H15NO2S. The van der Waals surface area contributed by atoms with Crippen molar-refractivity contribution in [3.05, 3.63) is 21.9 Å². The lowest BCUT2D eigenvalue weighted by Crippen LogP contribution is -2.37. The number of rotatable bonds is 3. The molecule has 0 aromatic carbocycles. The van der Waals surface area contributed by atoms with Crippen molar-refractivity contribution < 1.29 is 9.53 Å². The highest BCUT2D eigenvalue weighted by Gasteiger charge is 2.65. The van der Waals surface area contributed by atoms with Gasteiger partial charge in [0.05, 0.1) is 7.11 Å². The van der Waals surface area contributed by atoms with Crippen molar-refractivity contribution in [2.24, 2.45) is 5.73 Å². The Morgan fingerprint density at radius 3 is 2.62 bits per heavy atom. The van der Waals surface area contributed by atoms with E-state index in [1.807, 2.05) is 5.38 Å². The molecule has 0 aliphatic heterocycles. The Labute approximate surface area is 98.6 Å². The molecule has 0 atom stereocenters. The first-order chi connectivity index (χ1) is 7.63. The van der Waals surface area contributed by atoms with Crippen LogP contribution in [0.4, 0.5) is 0 Å². The minimum atomic E-state index is -0.222. The highest BCUT2D eigenvalue weighted by atomic mass is 32.1. The minimum Gasteiger partial charge on any atom is -0.465 e. The van der Waals surface area contributed by atoms with Crippen LogP contribution in [-0.2, 0) is 10.2 Å². The first-order valence-corrected chi connectivity index (χ1v) is 6.46. The number of carbonyl (C=O) groups is 1. The number of methoxy groups -OCH3 is 1. The van der Waals surface area contributed by atoms with Crippen LogP contribution in [0, 0.1) is 0 Å². The zero-order valence-electron chi connectivity index (χ0n) is 9.29. The Morgan fingerprint density at radius 2 is 2.12 bits per heavy atom. The Kier molecular flexibility index (Phi) is 1.98. The molecule has 0 bridgehead atoms. The molecule has 0 amide bonds. The van der Waals surface area contributed by atoms with Crippen LogP contribution in [0.25, 0.3) is 0 Å². The lowest BCUT2D eigenvalue weighted by molar-refractivity contribution is 0.0604. The van der Waals surface area contributed by atoms with Crippen LogP contribution in [0.2, 0.25) is 0 Å². The second kappa shape index (κ2) is 3.08. The van der Waals surface area contributed by atoms with Crippen LogP contribution in [0.1, 0.15) is 40.9 Å². The maximum atomic E-state index is 11.7. The van der Waals surface area contributed by atoms with E-state index in [9.17, 15) is 4.79 Å². The number of ether oxygens (including phenoxy) is 1. The second-order valence-corrected chi connectivity index (χ2v) is 5.81. The molecule has 3 rings (SSSR count). The predicted molar refractivity (Wildman–Crippen MR) is 62.7 cm³/mol. The summed E-state index contributed by atoms with van der Waals surface area (Å²) < 4.78 is 4.82. The van der Waals surface area contributed by atoms with E-state index >= 15 is 0 Å². The molecule has 0 spiro atoms. The molecule has 86 valence electrons. The van der Waals surface area contributed by atoms with E-state index in [1.165, 1.54) is 18.4 Å². The Balaban J connectivity index is 2.01. The van der Waals surface area contributed by atoms with E-state index in [-0.39, 0.29) is 16.9 Å². The van der Waals surface area contributed by atoms with Gasteiger partial charge in [-0.15, -0.1) is 11.3 Å². The zero-order chi connectivity index (χ0) is 11.4. The topological polar surface area (TPSA) is 52.3 Å². The normalized spacial score (nSPS) is 23.9. The average Bonchev–Trinajstić information content (AvgIpc) is 3.19. The van der Waals surface area contributed by atoms with Gasteiger partial charge in [0.2, 0.25) is 0 Å². The zero-order valence-corrected chi connectivity index (χ0v) is 10.1. The fourth-order valence-electron chi connectivity index (χ4n) is 2.71. The van der Waals surface area contributed by atoms with Crippen molar-refractivity contribution in [2.75, 3.05) is 7.11 Å². The number of esters is 1.